The summed E-state index contributed by atoms with van der Waals surface area (Å²) in [6.45, 7) is 1.94. The van der Waals surface area contributed by atoms with E-state index in [1.165, 1.54) is 0 Å². The topological polar surface area (TPSA) is 66.4 Å². The molecule has 0 bridgehead atoms. The van der Waals surface area contributed by atoms with Gasteiger partial charge in [0.05, 0.1) is 6.42 Å². The lowest BCUT2D eigenvalue weighted by Gasteiger charge is -2.13. The van der Waals surface area contributed by atoms with E-state index in [1.807, 2.05) is 31.2 Å². The molecule has 1 aromatic rings. The van der Waals surface area contributed by atoms with Gasteiger partial charge >= 0.3 is 5.97 Å². The summed E-state index contributed by atoms with van der Waals surface area (Å²) in [5.41, 5.74) is 0.994. The van der Waals surface area contributed by atoms with Crippen LogP contribution in [0.15, 0.2) is 24.3 Å². The van der Waals surface area contributed by atoms with Crippen molar-refractivity contribution in [2.75, 3.05) is 0 Å². The quantitative estimate of drug-likeness (QED) is 0.823. The Labute approximate surface area is 99.6 Å². The third-order valence-electron chi connectivity index (χ3n) is 3.15. The fourth-order valence-electron chi connectivity index (χ4n) is 1.81. The first-order chi connectivity index (χ1) is 8.03. The summed E-state index contributed by atoms with van der Waals surface area (Å²) in [6.07, 6.45) is 1.30. The molecule has 0 atom stereocenters. The number of carbonyl (C=O) groups excluding carboxylic acids is 1. The lowest BCUT2D eigenvalue weighted by atomic mass is 10.1. The predicted octanol–water partition coefficient (Wildman–Crippen LogP) is 1.27. The standard InChI is InChI=1S/C13H15NO3/c1-9-4-2-3-5-10(9)8-11(15)14-13(6-7-13)12(16)17/h2-5H,6-8H2,1H3,(H,14,15)(H,16,17). The first-order valence-electron chi connectivity index (χ1n) is 5.62. The number of hydrogen-bond donors (Lipinski definition) is 2. The van der Waals surface area contributed by atoms with Crippen LogP contribution >= 0.6 is 0 Å². The normalized spacial score (nSPS) is 16.3. The van der Waals surface area contributed by atoms with Crippen molar-refractivity contribution >= 4 is 11.9 Å². The summed E-state index contributed by atoms with van der Waals surface area (Å²) in [4.78, 5) is 22.7. The number of carboxylic acid groups (broad SMARTS) is 1. The second-order valence-electron chi connectivity index (χ2n) is 4.54. The fraction of sp³-hybridized carbons (Fsp3) is 0.385. The Morgan fingerprint density at radius 1 is 1.35 bits per heavy atom. The molecular formula is C13H15NO3. The molecule has 0 aromatic heterocycles. The Balaban J connectivity index is 1.99. The summed E-state index contributed by atoms with van der Waals surface area (Å²) >= 11 is 0. The van der Waals surface area contributed by atoms with Crippen molar-refractivity contribution in [3.05, 3.63) is 35.4 Å². The Morgan fingerprint density at radius 2 is 2.00 bits per heavy atom. The highest BCUT2D eigenvalue weighted by Crippen LogP contribution is 2.35. The average Bonchev–Trinajstić information content (AvgIpc) is 3.02. The van der Waals surface area contributed by atoms with E-state index in [0.717, 1.165) is 11.1 Å². The third kappa shape index (κ3) is 2.46. The van der Waals surface area contributed by atoms with E-state index in [-0.39, 0.29) is 12.3 Å². The number of rotatable bonds is 4. The van der Waals surface area contributed by atoms with Gasteiger partial charge in [0.25, 0.3) is 0 Å². The highest BCUT2D eigenvalue weighted by atomic mass is 16.4. The second kappa shape index (κ2) is 4.20. The Kier molecular flexibility index (Phi) is 2.88. The van der Waals surface area contributed by atoms with E-state index in [4.69, 9.17) is 5.11 Å². The number of carboxylic acids is 1. The maximum Gasteiger partial charge on any atom is 0.329 e. The van der Waals surface area contributed by atoms with Crippen LogP contribution in [0, 0.1) is 6.92 Å². The fourth-order valence-corrected chi connectivity index (χ4v) is 1.81. The van der Waals surface area contributed by atoms with Crippen LogP contribution in [0.3, 0.4) is 0 Å². The first kappa shape index (κ1) is 11.6. The minimum Gasteiger partial charge on any atom is -0.480 e. The third-order valence-corrected chi connectivity index (χ3v) is 3.15. The molecule has 2 N–H and O–H groups in total. The van der Waals surface area contributed by atoms with Crippen LogP contribution < -0.4 is 5.32 Å². The number of aryl methyl sites for hydroxylation is 1. The number of hydrogen-bond acceptors (Lipinski definition) is 2. The molecule has 1 saturated carbocycles. The number of nitrogens with one attached hydrogen (secondary N) is 1. The SMILES string of the molecule is Cc1ccccc1CC(=O)NC1(C(=O)O)CC1. The summed E-state index contributed by atoms with van der Waals surface area (Å²) in [5, 5.41) is 11.6. The molecule has 1 aliphatic rings. The molecule has 2 rings (SSSR count). The highest BCUT2D eigenvalue weighted by molar-refractivity contribution is 5.90. The molecule has 0 heterocycles. The van der Waals surface area contributed by atoms with Crippen LogP contribution in [0.5, 0.6) is 0 Å². The summed E-state index contributed by atoms with van der Waals surface area (Å²) in [5.74, 6) is -1.16. The van der Waals surface area contributed by atoms with E-state index in [1.54, 1.807) is 0 Å². The van der Waals surface area contributed by atoms with Gasteiger partial charge < -0.3 is 10.4 Å². The molecule has 0 aliphatic heterocycles. The predicted molar refractivity (Wildman–Crippen MR) is 62.6 cm³/mol. The molecule has 0 spiro atoms. The van der Waals surface area contributed by atoms with E-state index in [9.17, 15) is 9.59 Å². The zero-order chi connectivity index (χ0) is 12.5. The van der Waals surface area contributed by atoms with Gasteiger partial charge in [-0.15, -0.1) is 0 Å². The minimum atomic E-state index is -0.986. The van der Waals surface area contributed by atoms with E-state index >= 15 is 0 Å². The van der Waals surface area contributed by atoms with Crippen molar-refractivity contribution in [2.24, 2.45) is 0 Å². The molecule has 4 nitrogen and oxygen atoms in total. The maximum absolute atomic E-state index is 11.8. The van der Waals surface area contributed by atoms with Crippen molar-refractivity contribution in [3.63, 3.8) is 0 Å². The zero-order valence-corrected chi connectivity index (χ0v) is 9.69. The first-order valence-corrected chi connectivity index (χ1v) is 5.62. The minimum absolute atomic E-state index is 0.223. The van der Waals surface area contributed by atoms with Crippen LogP contribution in [0.2, 0.25) is 0 Å². The van der Waals surface area contributed by atoms with E-state index in [2.05, 4.69) is 5.32 Å². The zero-order valence-electron chi connectivity index (χ0n) is 9.69. The van der Waals surface area contributed by atoms with Crippen LogP contribution in [0.1, 0.15) is 24.0 Å². The number of aliphatic carboxylic acids is 1. The lowest BCUT2D eigenvalue weighted by Crippen LogP contribution is -2.43. The summed E-state index contributed by atoms with van der Waals surface area (Å²) < 4.78 is 0. The van der Waals surface area contributed by atoms with Gasteiger partial charge in [-0.2, -0.15) is 0 Å². The number of carbonyl (C=O) groups is 2. The molecule has 90 valence electrons. The van der Waals surface area contributed by atoms with Crippen molar-refractivity contribution in [1.82, 2.24) is 5.32 Å². The van der Waals surface area contributed by atoms with Gasteiger partial charge in [-0.3, -0.25) is 4.79 Å². The van der Waals surface area contributed by atoms with Crippen molar-refractivity contribution in [1.29, 1.82) is 0 Å². The molecule has 0 saturated heterocycles. The second-order valence-corrected chi connectivity index (χ2v) is 4.54. The maximum atomic E-state index is 11.8. The largest absolute Gasteiger partial charge is 0.480 e. The van der Waals surface area contributed by atoms with Gasteiger partial charge in [-0.25, -0.2) is 4.79 Å². The summed E-state index contributed by atoms with van der Waals surface area (Å²) in [7, 11) is 0. The molecule has 4 heteroatoms. The number of amides is 1. The molecule has 0 unspecified atom stereocenters. The van der Waals surface area contributed by atoms with Crippen molar-refractivity contribution < 1.29 is 14.7 Å². The van der Waals surface area contributed by atoms with Gasteiger partial charge in [0.1, 0.15) is 5.54 Å². The Morgan fingerprint density at radius 3 is 2.53 bits per heavy atom. The van der Waals surface area contributed by atoms with Crippen LogP contribution in [-0.4, -0.2) is 22.5 Å². The van der Waals surface area contributed by atoms with Crippen LogP contribution in [0.4, 0.5) is 0 Å². The molecule has 1 aromatic carbocycles. The number of benzene rings is 1. The molecule has 1 amide bonds. The van der Waals surface area contributed by atoms with E-state index in [0.29, 0.717) is 12.8 Å². The Hall–Kier alpha value is -1.84. The van der Waals surface area contributed by atoms with Crippen LogP contribution in [-0.2, 0) is 16.0 Å². The van der Waals surface area contributed by atoms with Crippen molar-refractivity contribution in [3.8, 4) is 0 Å². The molecular weight excluding hydrogens is 218 g/mol. The summed E-state index contributed by atoms with van der Waals surface area (Å²) in [6, 6.07) is 7.61. The van der Waals surface area contributed by atoms with Crippen LogP contribution in [0.25, 0.3) is 0 Å². The average molecular weight is 233 g/mol. The Bertz CT molecular complexity index is 463. The molecule has 17 heavy (non-hydrogen) atoms. The molecule has 1 aliphatic carbocycles. The van der Waals surface area contributed by atoms with Gasteiger partial charge in [-0.1, -0.05) is 24.3 Å². The van der Waals surface area contributed by atoms with Gasteiger partial charge in [0, 0.05) is 0 Å². The van der Waals surface area contributed by atoms with Gasteiger partial charge in [0.15, 0.2) is 0 Å². The monoisotopic (exact) mass is 233 g/mol. The van der Waals surface area contributed by atoms with Gasteiger partial charge in [0.2, 0.25) is 5.91 Å². The van der Waals surface area contributed by atoms with Gasteiger partial charge in [-0.05, 0) is 30.9 Å². The van der Waals surface area contributed by atoms with E-state index < -0.39 is 11.5 Å². The lowest BCUT2D eigenvalue weighted by molar-refractivity contribution is -0.143. The highest BCUT2D eigenvalue weighted by Gasteiger charge is 2.51. The van der Waals surface area contributed by atoms with Crippen molar-refractivity contribution in [2.45, 2.75) is 31.7 Å². The molecule has 1 fully saturated rings. The smallest absolute Gasteiger partial charge is 0.329 e. The molecule has 0 radical (unpaired) electrons.